The number of benzene rings is 1. The van der Waals surface area contributed by atoms with Crippen molar-refractivity contribution in [1.82, 2.24) is 5.43 Å². The van der Waals surface area contributed by atoms with E-state index >= 15 is 0 Å². The molecule has 1 aromatic carbocycles. The molecular formula is C17H18N2O3. The summed E-state index contributed by atoms with van der Waals surface area (Å²) in [4.78, 5) is 12.3. The molecule has 1 saturated carbocycles. The van der Waals surface area contributed by atoms with Crippen LogP contribution in [0.3, 0.4) is 0 Å². The number of carbonyl (C=O) groups is 1. The first kappa shape index (κ1) is 13.4. The Kier molecular flexibility index (Phi) is 3.33. The van der Waals surface area contributed by atoms with Crippen molar-refractivity contribution >= 4 is 11.7 Å². The van der Waals surface area contributed by atoms with Crippen molar-refractivity contribution in [3.63, 3.8) is 0 Å². The summed E-state index contributed by atoms with van der Waals surface area (Å²) in [5, 5.41) is 4.29. The number of rotatable bonds is 2. The Hall–Kier alpha value is -2.30. The second-order valence-electron chi connectivity index (χ2n) is 5.97. The SMILES string of the molecule is O=C(Oc1ccc2c(c1)C1=NNCC1=CO2)C1CCCCC1. The van der Waals surface area contributed by atoms with Gasteiger partial charge in [0.15, 0.2) is 0 Å². The summed E-state index contributed by atoms with van der Waals surface area (Å²) in [5.74, 6) is 1.23. The lowest BCUT2D eigenvalue weighted by molar-refractivity contribution is -0.139. The number of esters is 1. The maximum absolute atomic E-state index is 12.3. The normalized spacial score (nSPS) is 20.0. The van der Waals surface area contributed by atoms with Crippen LogP contribution in [0.5, 0.6) is 11.5 Å². The molecule has 1 fully saturated rings. The predicted molar refractivity (Wildman–Crippen MR) is 81.9 cm³/mol. The third-order valence-corrected chi connectivity index (χ3v) is 4.46. The number of hydrogen-bond acceptors (Lipinski definition) is 5. The highest BCUT2D eigenvalue weighted by atomic mass is 16.5. The number of hydrazone groups is 1. The summed E-state index contributed by atoms with van der Waals surface area (Å²) < 4.78 is 11.2. The molecule has 5 nitrogen and oxygen atoms in total. The van der Waals surface area contributed by atoms with Gasteiger partial charge in [-0.15, -0.1) is 0 Å². The molecular weight excluding hydrogens is 280 g/mol. The van der Waals surface area contributed by atoms with E-state index in [0.717, 1.165) is 48.3 Å². The standard InChI is InChI=1S/C17H18N2O3/c20-17(11-4-2-1-3-5-11)22-13-6-7-15-14(8-13)16-12(10-21-15)9-18-19-16/h6-8,10-11,18H,1-5,9H2. The van der Waals surface area contributed by atoms with Crippen LogP contribution >= 0.6 is 0 Å². The second kappa shape index (κ2) is 5.48. The van der Waals surface area contributed by atoms with Gasteiger partial charge in [-0.05, 0) is 31.0 Å². The number of nitrogens with one attached hydrogen (secondary N) is 1. The maximum atomic E-state index is 12.3. The van der Waals surface area contributed by atoms with Gasteiger partial charge in [0, 0.05) is 11.1 Å². The Morgan fingerprint density at radius 2 is 2.14 bits per heavy atom. The summed E-state index contributed by atoms with van der Waals surface area (Å²) in [6.45, 7) is 0.668. The molecule has 0 radical (unpaired) electrons. The molecule has 1 aromatic rings. The fourth-order valence-electron chi connectivity index (χ4n) is 3.22. The van der Waals surface area contributed by atoms with Crippen LogP contribution in [0, 0.1) is 5.92 Å². The van der Waals surface area contributed by atoms with Gasteiger partial charge in [-0.25, -0.2) is 0 Å². The van der Waals surface area contributed by atoms with Crippen molar-refractivity contribution in [1.29, 1.82) is 0 Å². The van der Waals surface area contributed by atoms with Gasteiger partial charge in [0.1, 0.15) is 17.2 Å². The topological polar surface area (TPSA) is 59.9 Å². The van der Waals surface area contributed by atoms with Gasteiger partial charge in [-0.1, -0.05) is 19.3 Å². The molecule has 2 aliphatic heterocycles. The molecule has 1 aliphatic carbocycles. The van der Waals surface area contributed by atoms with E-state index in [1.807, 2.05) is 12.1 Å². The van der Waals surface area contributed by atoms with Crippen molar-refractivity contribution in [3.8, 4) is 11.5 Å². The number of ether oxygens (including phenoxy) is 2. The molecule has 2 heterocycles. The van der Waals surface area contributed by atoms with E-state index in [1.54, 1.807) is 12.3 Å². The first-order valence-electron chi connectivity index (χ1n) is 7.84. The van der Waals surface area contributed by atoms with Gasteiger partial charge in [-0.3, -0.25) is 4.79 Å². The van der Waals surface area contributed by atoms with Gasteiger partial charge in [0.05, 0.1) is 18.7 Å². The molecule has 1 N–H and O–H groups in total. The number of nitrogens with zero attached hydrogens (tertiary/aromatic N) is 1. The van der Waals surface area contributed by atoms with E-state index in [2.05, 4.69) is 10.5 Å². The first-order valence-corrected chi connectivity index (χ1v) is 7.84. The maximum Gasteiger partial charge on any atom is 0.314 e. The summed E-state index contributed by atoms with van der Waals surface area (Å²) in [7, 11) is 0. The van der Waals surface area contributed by atoms with Crippen LogP contribution in [-0.2, 0) is 4.79 Å². The predicted octanol–water partition coefficient (Wildman–Crippen LogP) is 2.76. The van der Waals surface area contributed by atoms with Crippen molar-refractivity contribution in [3.05, 3.63) is 35.6 Å². The molecule has 114 valence electrons. The van der Waals surface area contributed by atoms with Crippen molar-refractivity contribution in [2.24, 2.45) is 11.0 Å². The van der Waals surface area contributed by atoms with Crippen molar-refractivity contribution in [2.75, 3.05) is 6.54 Å². The second-order valence-corrected chi connectivity index (χ2v) is 5.97. The van der Waals surface area contributed by atoms with Gasteiger partial charge in [0.2, 0.25) is 0 Å². The van der Waals surface area contributed by atoms with Crippen LogP contribution in [0.15, 0.2) is 35.1 Å². The number of fused-ring (bicyclic) bond motifs is 3. The highest BCUT2D eigenvalue weighted by molar-refractivity contribution is 6.16. The third-order valence-electron chi connectivity index (χ3n) is 4.46. The smallest absolute Gasteiger partial charge is 0.314 e. The molecule has 4 rings (SSSR count). The van der Waals surface area contributed by atoms with E-state index < -0.39 is 0 Å². The van der Waals surface area contributed by atoms with E-state index in [-0.39, 0.29) is 11.9 Å². The Morgan fingerprint density at radius 3 is 3.00 bits per heavy atom. The monoisotopic (exact) mass is 298 g/mol. The fourth-order valence-corrected chi connectivity index (χ4v) is 3.22. The third kappa shape index (κ3) is 2.36. The Balaban J connectivity index is 1.54. The Labute approximate surface area is 129 Å². The van der Waals surface area contributed by atoms with E-state index in [9.17, 15) is 4.79 Å². The minimum absolute atomic E-state index is 0.0435. The highest BCUT2D eigenvalue weighted by Crippen LogP contribution is 2.32. The molecule has 3 aliphatic rings. The summed E-state index contributed by atoms with van der Waals surface area (Å²) >= 11 is 0. The lowest BCUT2D eigenvalue weighted by Crippen LogP contribution is -2.23. The zero-order valence-electron chi connectivity index (χ0n) is 12.3. The average molecular weight is 298 g/mol. The van der Waals surface area contributed by atoms with Gasteiger partial charge < -0.3 is 14.9 Å². The summed E-state index contributed by atoms with van der Waals surface area (Å²) in [5.41, 5.74) is 5.71. The molecule has 0 spiro atoms. The number of carbonyl (C=O) groups excluding carboxylic acids is 1. The minimum Gasteiger partial charge on any atom is -0.464 e. The van der Waals surface area contributed by atoms with Crippen molar-refractivity contribution in [2.45, 2.75) is 32.1 Å². The van der Waals surface area contributed by atoms with Crippen LogP contribution in [0.25, 0.3) is 0 Å². The fraction of sp³-hybridized carbons (Fsp3) is 0.412. The highest BCUT2D eigenvalue weighted by Gasteiger charge is 2.26. The summed E-state index contributed by atoms with van der Waals surface area (Å²) in [6, 6.07) is 5.45. The molecule has 0 unspecified atom stereocenters. The molecule has 5 heteroatoms. The van der Waals surface area contributed by atoms with Gasteiger partial charge >= 0.3 is 5.97 Å². The lowest BCUT2D eigenvalue weighted by atomic mass is 9.89. The van der Waals surface area contributed by atoms with Crippen LogP contribution in [0.2, 0.25) is 0 Å². The van der Waals surface area contributed by atoms with Crippen LogP contribution in [0.1, 0.15) is 37.7 Å². The molecule has 0 saturated heterocycles. The van der Waals surface area contributed by atoms with E-state index in [4.69, 9.17) is 9.47 Å². The van der Waals surface area contributed by atoms with Crippen molar-refractivity contribution < 1.29 is 14.3 Å². The molecule has 0 amide bonds. The Morgan fingerprint density at radius 1 is 1.27 bits per heavy atom. The lowest BCUT2D eigenvalue weighted by Gasteiger charge is -2.20. The minimum atomic E-state index is -0.112. The zero-order valence-corrected chi connectivity index (χ0v) is 12.3. The zero-order chi connectivity index (χ0) is 14.9. The molecule has 0 bridgehead atoms. The van der Waals surface area contributed by atoms with E-state index in [1.165, 1.54) is 6.42 Å². The molecule has 0 aromatic heterocycles. The average Bonchev–Trinajstić information content (AvgIpc) is 3.05. The van der Waals surface area contributed by atoms with Crippen LogP contribution < -0.4 is 14.9 Å². The van der Waals surface area contributed by atoms with Crippen LogP contribution in [0.4, 0.5) is 0 Å². The van der Waals surface area contributed by atoms with Crippen LogP contribution in [-0.4, -0.2) is 18.2 Å². The largest absolute Gasteiger partial charge is 0.464 e. The molecule has 0 atom stereocenters. The quantitative estimate of drug-likeness (QED) is 0.673. The summed E-state index contributed by atoms with van der Waals surface area (Å²) in [6.07, 6.45) is 7.06. The van der Waals surface area contributed by atoms with Gasteiger partial charge in [0.25, 0.3) is 0 Å². The Bertz CT molecular complexity index is 672. The number of hydrogen-bond donors (Lipinski definition) is 1. The first-order chi connectivity index (χ1) is 10.8. The molecule has 22 heavy (non-hydrogen) atoms. The van der Waals surface area contributed by atoms with Gasteiger partial charge in [-0.2, -0.15) is 5.10 Å². The van der Waals surface area contributed by atoms with E-state index in [0.29, 0.717) is 12.3 Å².